The number of aromatic nitrogens is 4. The Kier molecular flexibility index (Phi) is 4.04. The van der Waals surface area contributed by atoms with Gasteiger partial charge in [-0.05, 0) is 0 Å². The standard InChI is InChI=1S/C9H13N7O2S/c10-16-9-12-4-8(5-13-9)19(17,18)15-2-1-7-3-11-6-14-7/h3-6,15H,1-2,10H2,(H,11,14)(H,12,13,16). The second-order valence-corrected chi connectivity index (χ2v) is 5.38. The third-order valence-electron chi connectivity index (χ3n) is 2.31. The quantitative estimate of drug-likeness (QED) is 0.394. The first-order chi connectivity index (χ1) is 9.12. The number of anilines is 1. The Morgan fingerprint density at radius 1 is 1.26 bits per heavy atom. The van der Waals surface area contributed by atoms with E-state index < -0.39 is 10.0 Å². The molecule has 102 valence electrons. The molecule has 0 atom stereocenters. The number of aromatic amines is 1. The number of hydrazine groups is 1. The van der Waals surface area contributed by atoms with Gasteiger partial charge in [-0.15, -0.1) is 0 Å². The number of nitrogen functional groups attached to an aromatic ring is 1. The Balaban J connectivity index is 1.97. The molecule has 5 N–H and O–H groups in total. The zero-order valence-electron chi connectivity index (χ0n) is 9.87. The fraction of sp³-hybridized carbons (Fsp3) is 0.222. The smallest absolute Gasteiger partial charge is 0.243 e. The van der Waals surface area contributed by atoms with Gasteiger partial charge in [0.25, 0.3) is 0 Å². The van der Waals surface area contributed by atoms with E-state index in [1.807, 2.05) is 0 Å². The summed E-state index contributed by atoms with van der Waals surface area (Å²) in [6.45, 7) is 0.251. The Hall–Kier alpha value is -2.04. The van der Waals surface area contributed by atoms with Crippen molar-refractivity contribution in [3.8, 4) is 0 Å². The van der Waals surface area contributed by atoms with Crippen molar-refractivity contribution in [1.29, 1.82) is 0 Å². The van der Waals surface area contributed by atoms with Gasteiger partial charge in [-0.2, -0.15) is 0 Å². The highest BCUT2D eigenvalue weighted by Gasteiger charge is 2.14. The third-order valence-corrected chi connectivity index (χ3v) is 3.72. The number of sulfonamides is 1. The van der Waals surface area contributed by atoms with Gasteiger partial charge < -0.3 is 4.98 Å². The average Bonchev–Trinajstić information content (AvgIpc) is 2.92. The van der Waals surface area contributed by atoms with E-state index in [9.17, 15) is 8.42 Å². The maximum Gasteiger partial charge on any atom is 0.243 e. The first kappa shape index (κ1) is 13.4. The van der Waals surface area contributed by atoms with E-state index in [0.717, 1.165) is 5.69 Å². The Bertz CT molecular complexity index is 609. The van der Waals surface area contributed by atoms with Crippen molar-refractivity contribution in [2.75, 3.05) is 12.0 Å². The van der Waals surface area contributed by atoms with E-state index >= 15 is 0 Å². The molecule has 0 spiro atoms. The van der Waals surface area contributed by atoms with Crippen LogP contribution in [0, 0.1) is 0 Å². The molecule has 9 nitrogen and oxygen atoms in total. The Labute approximate surface area is 109 Å². The Morgan fingerprint density at radius 3 is 2.58 bits per heavy atom. The van der Waals surface area contributed by atoms with Crippen LogP contribution >= 0.6 is 0 Å². The summed E-state index contributed by atoms with van der Waals surface area (Å²) < 4.78 is 26.2. The molecule has 2 rings (SSSR count). The minimum atomic E-state index is -3.62. The molecule has 0 bridgehead atoms. The molecule has 0 aromatic carbocycles. The number of nitrogens with one attached hydrogen (secondary N) is 3. The summed E-state index contributed by atoms with van der Waals surface area (Å²) in [5.74, 6) is 5.24. The summed E-state index contributed by atoms with van der Waals surface area (Å²) in [6, 6.07) is 0. The van der Waals surface area contributed by atoms with Gasteiger partial charge in [-0.1, -0.05) is 0 Å². The van der Waals surface area contributed by atoms with Crippen molar-refractivity contribution in [2.24, 2.45) is 5.84 Å². The van der Waals surface area contributed by atoms with Crippen molar-refractivity contribution in [1.82, 2.24) is 24.7 Å². The summed E-state index contributed by atoms with van der Waals surface area (Å²) >= 11 is 0. The molecule has 0 aliphatic carbocycles. The van der Waals surface area contributed by atoms with Crippen LogP contribution in [0.25, 0.3) is 0 Å². The fourth-order valence-corrected chi connectivity index (χ4v) is 2.27. The average molecular weight is 283 g/mol. The molecule has 0 amide bonds. The van der Waals surface area contributed by atoms with Crippen molar-refractivity contribution in [3.05, 3.63) is 30.6 Å². The fourth-order valence-electron chi connectivity index (χ4n) is 1.35. The van der Waals surface area contributed by atoms with Gasteiger partial charge in [0.2, 0.25) is 16.0 Å². The maximum absolute atomic E-state index is 11.9. The molecule has 10 heteroatoms. The number of imidazole rings is 1. The first-order valence-corrected chi connectivity index (χ1v) is 6.86. The molecule has 0 aliphatic rings. The molecule has 19 heavy (non-hydrogen) atoms. The highest BCUT2D eigenvalue weighted by molar-refractivity contribution is 7.89. The monoisotopic (exact) mass is 283 g/mol. The molecular formula is C9H13N7O2S. The van der Waals surface area contributed by atoms with Crippen molar-refractivity contribution in [3.63, 3.8) is 0 Å². The third kappa shape index (κ3) is 3.47. The van der Waals surface area contributed by atoms with E-state index in [2.05, 4.69) is 30.1 Å². The summed E-state index contributed by atoms with van der Waals surface area (Å²) in [5.41, 5.74) is 3.07. The molecule has 2 aromatic heterocycles. The Morgan fingerprint density at radius 2 is 2.00 bits per heavy atom. The van der Waals surface area contributed by atoms with Crippen LogP contribution in [-0.2, 0) is 16.4 Å². The second-order valence-electron chi connectivity index (χ2n) is 3.61. The van der Waals surface area contributed by atoms with Gasteiger partial charge in [0.05, 0.1) is 18.7 Å². The first-order valence-electron chi connectivity index (χ1n) is 5.37. The van der Waals surface area contributed by atoms with Crippen LogP contribution in [0.1, 0.15) is 5.69 Å². The minimum absolute atomic E-state index is 0.0175. The van der Waals surface area contributed by atoms with E-state index in [1.165, 1.54) is 18.7 Å². The largest absolute Gasteiger partial charge is 0.348 e. The number of H-pyrrole nitrogens is 1. The van der Waals surface area contributed by atoms with Crippen LogP contribution in [0.4, 0.5) is 5.95 Å². The van der Waals surface area contributed by atoms with Gasteiger partial charge in [-0.3, -0.25) is 5.43 Å². The number of rotatable bonds is 6. The van der Waals surface area contributed by atoms with Gasteiger partial charge in [0.15, 0.2) is 0 Å². The van der Waals surface area contributed by atoms with E-state index in [4.69, 9.17) is 5.84 Å². The van der Waals surface area contributed by atoms with Crippen LogP contribution in [0.15, 0.2) is 29.8 Å². The highest BCUT2D eigenvalue weighted by Crippen LogP contribution is 2.06. The van der Waals surface area contributed by atoms with Gasteiger partial charge in [0.1, 0.15) is 4.90 Å². The topological polar surface area (TPSA) is 139 Å². The molecule has 0 saturated carbocycles. The van der Waals surface area contributed by atoms with Gasteiger partial charge >= 0.3 is 0 Å². The molecule has 0 saturated heterocycles. The predicted octanol–water partition coefficient (Wildman–Crippen LogP) is -0.994. The lowest BCUT2D eigenvalue weighted by Gasteiger charge is -2.05. The van der Waals surface area contributed by atoms with Crippen LogP contribution in [-0.4, -0.2) is 34.9 Å². The molecule has 0 radical (unpaired) electrons. The summed E-state index contributed by atoms with van der Waals surface area (Å²) in [7, 11) is -3.62. The van der Waals surface area contributed by atoms with Crippen LogP contribution < -0.4 is 16.0 Å². The number of nitrogens with zero attached hydrogens (tertiary/aromatic N) is 3. The lowest BCUT2D eigenvalue weighted by atomic mass is 10.3. The summed E-state index contributed by atoms with van der Waals surface area (Å²) in [6.07, 6.45) is 6.05. The van der Waals surface area contributed by atoms with Crippen LogP contribution in [0.2, 0.25) is 0 Å². The lowest BCUT2D eigenvalue weighted by Crippen LogP contribution is -2.26. The number of hydrogen-bond acceptors (Lipinski definition) is 7. The second kappa shape index (κ2) is 5.73. The van der Waals surface area contributed by atoms with Gasteiger partial charge in [-0.25, -0.2) is 33.9 Å². The SMILES string of the molecule is NNc1ncc(S(=O)(=O)NCCc2cnc[nH]2)cn1. The van der Waals surface area contributed by atoms with E-state index in [0.29, 0.717) is 6.42 Å². The van der Waals surface area contributed by atoms with Crippen molar-refractivity contribution < 1.29 is 8.42 Å². The molecule has 0 fully saturated rings. The van der Waals surface area contributed by atoms with Gasteiger partial charge in [0, 0.05) is 24.9 Å². The van der Waals surface area contributed by atoms with Crippen LogP contribution in [0.3, 0.4) is 0 Å². The maximum atomic E-state index is 11.9. The normalized spacial score (nSPS) is 11.4. The molecule has 0 aliphatic heterocycles. The van der Waals surface area contributed by atoms with Crippen LogP contribution in [0.5, 0.6) is 0 Å². The lowest BCUT2D eigenvalue weighted by molar-refractivity contribution is 0.580. The van der Waals surface area contributed by atoms with E-state index in [1.54, 1.807) is 6.20 Å². The molecular weight excluding hydrogens is 270 g/mol. The highest BCUT2D eigenvalue weighted by atomic mass is 32.2. The van der Waals surface area contributed by atoms with Crippen molar-refractivity contribution in [2.45, 2.75) is 11.3 Å². The van der Waals surface area contributed by atoms with E-state index in [-0.39, 0.29) is 17.4 Å². The molecule has 2 heterocycles. The number of nitrogens with two attached hydrogens (primary N) is 1. The minimum Gasteiger partial charge on any atom is -0.348 e. The molecule has 0 unspecified atom stereocenters. The summed E-state index contributed by atoms with van der Waals surface area (Å²) in [4.78, 5) is 14.2. The zero-order valence-corrected chi connectivity index (χ0v) is 10.7. The molecule has 2 aromatic rings. The van der Waals surface area contributed by atoms with Crippen molar-refractivity contribution >= 4 is 16.0 Å². The number of hydrogen-bond donors (Lipinski definition) is 4. The zero-order chi connectivity index (χ0) is 13.7. The predicted molar refractivity (Wildman–Crippen MR) is 67.3 cm³/mol. The summed E-state index contributed by atoms with van der Waals surface area (Å²) in [5, 5.41) is 0.